The molecule has 8 nitrogen and oxygen atoms in total. The van der Waals surface area contributed by atoms with Gasteiger partial charge in [-0.3, -0.25) is 4.79 Å². The number of sulfonamides is 1. The van der Waals surface area contributed by atoms with Crippen LogP contribution < -0.4 is 4.72 Å². The number of nitrogens with zero attached hydrogens (tertiary/aromatic N) is 2. The molecule has 0 bridgehead atoms. The van der Waals surface area contributed by atoms with E-state index in [1.54, 1.807) is 0 Å². The van der Waals surface area contributed by atoms with Gasteiger partial charge < -0.3 is 14.6 Å². The number of ether oxygens (including phenoxy) is 1. The first kappa shape index (κ1) is 22.0. The minimum Gasteiger partial charge on any atom is -0.370 e. The van der Waals surface area contributed by atoms with E-state index in [4.69, 9.17) is 4.74 Å². The van der Waals surface area contributed by atoms with Crippen LogP contribution in [0.1, 0.15) is 11.1 Å². The molecule has 2 heterocycles. The van der Waals surface area contributed by atoms with Crippen LogP contribution in [0.3, 0.4) is 0 Å². The molecule has 1 amide bonds. The molecule has 1 aromatic carbocycles. The Kier molecular flexibility index (Phi) is 6.29. The summed E-state index contributed by atoms with van der Waals surface area (Å²) in [5, 5.41) is -0.211. The highest BCUT2D eigenvalue weighted by molar-refractivity contribution is 7.89. The highest BCUT2D eigenvalue weighted by Gasteiger charge is 2.38. The predicted octanol–water partition coefficient (Wildman–Crippen LogP) is 1.69. The fourth-order valence-corrected chi connectivity index (χ4v) is 4.17. The lowest BCUT2D eigenvalue weighted by Crippen LogP contribution is -2.44. The number of carbonyl (C=O) groups excluding carboxylic acids is 1. The number of amides is 1. The van der Waals surface area contributed by atoms with Gasteiger partial charge in [0.25, 0.3) is 10.0 Å². The van der Waals surface area contributed by atoms with Crippen LogP contribution >= 0.6 is 0 Å². The maximum absolute atomic E-state index is 12.7. The van der Waals surface area contributed by atoms with Gasteiger partial charge in [-0.2, -0.15) is 13.2 Å². The zero-order chi connectivity index (χ0) is 21.9. The van der Waals surface area contributed by atoms with Crippen LogP contribution in [0.4, 0.5) is 13.2 Å². The average molecular weight is 444 g/mol. The molecule has 1 aromatic heterocycles. The van der Waals surface area contributed by atoms with E-state index in [1.165, 1.54) is 29.6 Å². The van der Waals surface area contributed by atoms with Gasteiger partial charge in [-0.15, -0.1) is 0 Å². The lowest BCUT2D eigenvalue weighted by molar-refractivity contribution is -0.137. The standard InChI is InChI=1S/C18H19F3N4O4S/c1-2-17(26)25-8-14(24-30(27,28)16-7-22-11-23-16)15(9-25)29-10-12-3-5-13(6-4-12)18(19,20)21/h2-7,11,14-15,24H,1,8-10H2,(H,22,23). The number of carbonyl (C=O) groups is 1. The number of aromatic nitrogens is 2. The number of H-pyrrole nitrogens is 1. The van der Waals surface area contributed by atoms with Gasteiger partial charge in [0.05, 0.1) is 30.6 Å². The summed E-state index contributed by atoms with van der Waals surface area (Å²) >= 11 is 0. The SMILES string of the molecule is C=CC(=O)N1CC(NS(=O)(=O)c2c[nH]cn2)C(OCc2ccc(C(F)(F)F)cc2)C1. The Morgan fingerprint density at radius 1 is 1.33 bits per heavy atom. The van der Waals surface area contributed by atoms with E-state index in [0.717, 1.165) is 18.2 Å². The molecular formula is C18H19F3N4O4S. The summed E-state index contributed by atoms with van der Waals surface area (Å²) in [7, 11) is -3.96. The number of aromatic amines is 1. The summed E-state index contributed by atoms with van der Waals surface area (Å²) in [4.78, 5) is 19.6. The van der Waals surface area contributed by atoms with Crippen molar-refractivity contribution in [1.82, 2.24) is 19.6 Å². The number of nitrogens with one attached hydrogen (secondary N) is 2. The summed E-state index contributed by atoms with van der Waals surface area (Å²) in [6, 6.07) is 3.68. The Morgan fingerprint density at radius 3 is 2.60 bits per heavy atom. The second kappa shape index (κ2) is 8.58. The van der Waals surface area contributed by atoms with Crippen molar-refractivity contribution in [3.63, 3.8) is 0 Å². The van der Waals surface area contributed by atoms with Crippen LogP contribution in [0.2, 0.25) is 0 Å². The molecular weight excluding hydrogens is 425 g/mol. The van der Waals surface area contributed by atoms with Gasteiger partial charge in [0.1, 0.15) is 0 Å². The summed E-state index contributed by atoms with van der Waals surface area (Å²) in [6.07, 6.45) is -1.62. The minimum absolute atomic E-state index is 0.0478. The van der Waals surface area contributed by atoms with E-state index in [2.05, 4.69) is 21.3 Å². The molecule has 30 heavy (non-hydrogen) atoms. The van der Waals surface area contributed by atoms with Crippen molar-refractivity contribution >= 4 is 15.9 Å². The van der Waals surface area contributed by atoms with Crippen molar-refractivity contribution in [2.75, 3.05) is 13.1 Å². The van der Waals surface area contributed by atoms with Crippen LogP contribution in [0.5, 0.6) is 0 Å². The quantitative estimate of drug-likeness (QED) is 0.633. The van der Waals surface area contributed by atoms with Crippen molar-refractivity contribution in [3.05, 3.63) is 60.6 Å². The molecule has 0 saturated carbocycles. The third kappa shape index (κ3) is 5.07. The van der Waals surface area contributed by atoms with E-state index in [-0.39, 0.29) is 30.6 Å². The topological polar surface area (TPSA) is 104 Å². The highest BCUT2D eigenvalue weighted by atomic mass is 32.2. The summed E-state index contributed by atoms with van der Waals surface area (Å²) in [5.74, 6) is -0.389. The lowest BCUT2D eigenvalue weighted by Gasteiger charge is -2.19. The van der Waals surface area contributed by atoms with Crippen LogP contribution in [-0.4, -0.2) is 54.4 Å². The van der Waals surface area contributed by atoms with Crippen molar-refractivity contribution in [3.8, 4) is 0 Å². The van der Waals surface area contributed by atoms with Crippen LogP contribution in [-0.2, 0) is 32.3 Å². The number of rotatable bonds is 7. The normalized spacial score (nSPS) is 19.8. The molecule has 12 heteroatoms. The van der Waals surface area contributed by atoms with E-state index in [1.807, 2.05) is 0 Å². The molecule has 162 valence electrons. The van der Waals surface area contributed by atoms with E-state index >= 15 is 0 Å². The largest absolute Gasteiger partial charge is 0.416 e. The second-order valence-corrected chi connectivity index (χ2v) is 8.29. The lowest BCUT2D eigenvalue weighted by atomic mass is 10.1. The molecule has 2 aromatic rings. The molecule has 1 fully saturated rings. The van der Waals surface area contributed by atoms with Crippen molar-refractivity contribution < 1.29 is 31.1 Å². The van der Waals surface area contributed by atoms with Crippen molar-refractivity contribution in [2.24, 2.45) is 0 Å². The highest BCUT2D eigenvalue weighted by Crippen LogP contribution is 2.29. The molecule has 2 atom stereocenters. The maximum atomic E-state index is 12.7. The van der Waals surface area contributed by atoms with Gasteiger partial charge in [0, 0.05) is 19.3 Å². The van der Waals surface area contributed by atoms with Gasteiger partial charge >= 0.3 is 6.18 Å². The Bertz CT molecular complexity index is 991. The summed E-state index contributed by atoms with van der Waals surface area (Å²) < 4.78 is 71.2. The number of imidazole rings is 1. The van der Waals surface area contributed by atoms with Crippen LogP contribution in [0, 0.1) is 0 Å². The summed E-state index contributed by atoms with van der Waals surface area (Å²) in [5.41, 5.74) is -0.301. The third-order valence-electron chi connectivity index (χ3n) is 4.55. The maximum Gasteiger partial charge on any atom is 0.416 e. The predicted molar refractivity (Wildman–Crippen MR) is 99.5 cm³/mol. The van der Waals surface area contributed by atoms with Crippen LogP contribution in [0.25, 0.3) is 0 Å². The zero-order valence-electron chi connectivity index (χ0n) is 15.6. The van der Waals surface area contributed by atoms with Gasteiger partial charge in [-0.05, 0) is 23.8 Å². The van der Waals surface area contributed by atoms with Gasteiger partial charge in [0.15, 0.2) is 5.03 Å². The van der Waals surface area contributed by atoms with Crippen molar-refractivity contribution in [1.29, 1.82) is 0 Å². The van der Waals surface area contributed by atoms with Crippen molar-refractivity contribution in [2.45, 2.75) is 30.0 Å². The fourth-order valence-electron chi connectivity index (χ4n) is 3.01. The molecule has 0 aliphatic carbocycles. The number of alkyl halides is 3. The number of hydrogen-bond acceptors (Lipinski definition) is 5. The smallest absolute Gasteiger partial charge is 0.370 e. The number of benzene rings is 1. The Balaban J connectivity index is 1.71. The summed E-state index contributed by atoms with van der Waals surface area (Å²) in [6.45, 7) is 3.50. The zero-order valence-corrected chi connectivity index (χ0v) is 16.4. The molecule has 1 aliphatic heterocycles. The molecule has 2 unspecified atom stereocenters. The Hall–Kier alpha value is -2.70. The average Bonchev–Trinajstić information content (AvgIpc) is 3.36. The molecule has 0 spiro atoms. The van der Waals surface area contributed by atoms with E-state index in [0.29, 0.717) is 5.56 Å². The number of likely N-dealkylation sites (tertiary alicyclic amines) is 1. The Labute approximate surface area is 170 Å². The second-order valence-electron chi connectivity index (χ2n) is 6.63. The fraction of sp³-hybridized carbons (Fsp3) is 0.333. The van der Waals surface area contributed by atoms with Gasteiger partial charge in [-0.1, -0.05) is 18.7 Å². The third-order valence-corrected chi connectivity index (χ3v) is 5.94. The monoisotopic (exact) mass is 444 g/mol. The molecule has 2 N–H and O–H groups in total. The number of halogens is 3. The molecule has 1 saturated heterocycles. The first-order valence-corrected chi connectivity index (χ1v) is 10.3. The van der Waals surface area contributed by atoms with E-state index in [9.17, 15) is 26.4 Å². The first-order valence-electron chi connectivity index (χ1n) is 8.80. The van der Waals surface area contributed by atoms with Gasteiger partial charge in [0.2, 0.25) is 5.91 Å². The van der Waals surface area contributed by atoms with Gasteiger partial charge in [-0.25, -0.2) is 18.1 Å². The minimum atomic E-state index is -4.44. The van der Waals surface area contributed by atoms with E-state index < -0.39 is 33.9 Å². The van der Waals surface area contributed by atoms with Crippen LogP contribution in [0.15, 0.2) is 54.5 Å². The first-order chi connectivity index (χ1) is 14.1. The molecule has 1 aliphatic rings. The molecule has 3 rings (SSSR count). The Morgan fingerprint density at radius 2 is 2.03 bits per heavy atom. The number of hydrogen-bond donors (Lipinski definition) is 2. The molecule has 0 radical (unpaired) electrons.